The van der Waals surface area contributed by atoms with Gasteiger partial charge in [0.15, 0.2) is 0 Å². The number of benzene rings is 1. The molecule has 1 aliphatic rings. The Hall–Kier alpha value is -1.10. The molecule has 3 rings (SSSR count). The summed E-state index contributed by atoms with van der Waals surface area (Å²) in [5.41, 5.74) is 1.96. The van der Waals surface area contributed by atoms with E-state index in [9.17, 15) is 0 Å². The molecule has 1 heterocycles. The SMILES string of the molecule is COc1ccc2c(nnn2CC2CCCC2)c1Br. The number of aromatic nitrogens is 3. The van der Waals surface area contributed by atoms with Gasteiger partial charge in [0.2, 0.25) is 0 Å². The summed E-state index contributed by atoms with van der Waals surface area (Å²) < 4.78 is 8.18. The summed E-state index contributed by atoms with van der Waals surface area (Å²) >= 11 is 3.53. The third kappa shape index (κ3) is 2.00. The Morgan fingerprint density at radius 1 is 1.39 bits per heavy atom. The first-order valence-electron chi connectivity index (χ1n) is 6.35. The number of fused-ring (bicyclic) bond motifs is 1. The summed E-state index contributed by atoms with van der Waals surface area (Å²) in [5.74, 6) is 1.56. The van der Waals surface area contributed by atoms with Crippen LogP contribution in [-0.2, 0) is 6.54 Å². The van der Waals surface area contributed by atoms with Crippen LogP contribution in [-0.4, -0.2) is 22.1 Å². The van der Waals surface area contributed by atoms with Gasteiger partial charge in [-0.3, -0.25) is 0 Å². The Labute approximate surface area is 114 Å². The van der Waals surface area contributed by atoms with Crippen LogP contribution in [0.3, 0.4) is 0 Å². The lowest BCUT2D eigenvalue weighted by Crippen LogP contribution is -2.08. The summed E-state index contributed by atoms with van der Waals surface area (Å²) in [6.07, 6.45) is 5.35. The summed E-state index contributed by atoms with van der Waals surface area (Å²) in [7, 11) is 1.66. The van der Waals surface area contributed by atoms with Crippen molar-refractivity contribution in [3.63, 3.8) is 0 Å². The van der Waals surface area contributed by atoms with Crippen molar-refractivity contribution in [3.8, 4) is 5.75 Å². The van der Waals surface area contributed by atoms with Crippen molar-refractivity contribution < 1.29 is 4.74 Å². The zero-order valence-corrected chi connectivity index (χ0v) is 12.0. The van der Waals surface area contributed by atoms with E-state index in [1.54, 1.807) is 7.11 Å². The Morgan fingerprint density at radius 3 is 2.89 bits per heavy atom. The standard InChI is InChI=1S/C13H16BrN3O/c1-18-11-7-6-10-13(12(11)14)15-16-17(10)8-9-4-2-3-5-9/h6-7,9H,2-5,8H2,1H3. The van der Waals surface area contributed by atoms with Gasteiger partial charge in [-0.1, -0.05) is 18.1 Å². The number of hydrogen-bond acceptors (Lipinski definition) is 3. The molecule has 0 amide bonds. The predicted octanol–water partition coefficient (Wildman–Crippen LogP) is 3.39. The van der Waals surface area contributed by atoms with Crippen LogP contribution >= 0.6 is 15.9 Å². The van der Waals surface area contributed by atoms with Gasteiger partial charge in [-0.25, -0.2) is 4.68 Å². The molecule has 0 atom stereocenters. The number of methoxy groups -OCH3 is 1. The average Bonchev–Trinajstić information content (AvgIpc) is 3.01. The smallest absolute Gasteiger partial charge is 0.135 e. The molecule has 18 heavy (non-hydrogen) atoms. The van der Waals surface area contributed by atoms with Gasteiger partial charge in [0, 0.05) is 6.54 Å². The highest BCUT2D eigenvalue weighted by molar-refractivity contribution is 9.10. The second-order valence-corrected chi connectivity index (χ2v) is 5.66. The number of hydrogen-bond donors (Lipinski definition) is 0. The Morgan fingerprint density at radius 2 is 2.17 bits per heavy atom. The fourth-order valence-corrected chi connectivity index (χ4v) is 3.29. The predicted molar refractivity (Wildman–Crippen MR) is 73.7 cm³/mol. The van der Waals surface area contributed by atoms with E-state index in [1.165, 1.54) is 25.7 Å². The molecule has 1 aliphatic carbocycles. The van der Waals surface area contributed by atoms with E-state index < -0.39 is 0 Å². The first-order valence-corrected chi connectivity index (χ1v) is 7.14. The third-order valence-corrected chi connectivity index (χ3v) is 4.48. The number of nitrogens with zero attached hydrogens (tertiary/aromatic N) is 3. The van der Waals surface area contributed by atoms with Crippen LogP contribution < -0.4 is 4.74 Å². The van der Waals surface area contributed by atoms with E-state index in [0.29, 0.717) is 0 Å². The van der Waals surface area contributed by atoms with Gasteiger partial charge in [-0.15, -0.1) is 5.10 Å². The molecule has 0 saturated heterocycles. The van der Waals surface area contributed by atoms with Gasteiger partial charge in [-0.2, -0.15) is 0 Å². The largest absolute Gasteiger partial charge is 0.495 e. The highest BCUT2D eigenvalue weighted by atomic mass is 79.9. The number of halogens is 1. The van der Waals surface area contributed by atoms with E-state index >= 15 is 0 Å². The highest BCUT2D eigenvalue weighted by Gasteiger charge is 2.18. The minimum Gasteiger partial charge on any atom is -0.495 e. The fourth-order valence-electron chi connectivity index (χ4n) is 2.72. The maximum atomic E-state index is 5.27. The molecule has 1 saturated carbocycles. The minimum atomic E-state index is 0.760. The summed E-state index contributed by atoms with van der Waals surface area (Å²) in [6.45, 7) is 0.981. The molecule has 0 aliphatic heterocycles. The minimum absolute atomic E-state index is 0.760. The van der Waals surface area contributed by atoms with Crippen molar-refractivity contribution >= 4 is 27.0 Å². The molecule has 5 heteroatoms. The lowest BCUT2D eigenvalue weighted by Gasteiger charge is -2.09. The van der Waals surface area contributed by atoms with Crippen molar-refractivity contribution in [3.05, 3.63) is 16.6 Å². The molecule has 0 radical (unpaired) electrons. The Bertz CT molecular complexity index is 561. The zero-order chi connectivity index (χ0) is 12.5. The topological polar surface area (TPSA) is 39.9 Å². The normalized spacial score (nSPS) is 16.6. The maximum absolute atomic E-state index is 5.27. The highest BCUT2D eigenvalue weighted by Crippen LogP contribution is 2.32. The van der Waals surface area contributed by atoms with Crippen LogP contribution in [0.25, 0.3) is 11.0 Å². The summed E-state index contributed by atoms with van der Waals surface area (Å²) in [6, 6.07) is 3.99. The summed E-state index contributed by atoms with van der Waals surface area (Å²) in [5, 5.41) is 8.53. The molecule has 1 aromatic carbocycles. The lowest BCUT2D eigenvalue weighted by molar-refractivity contribution is 0.412. The van der Waals surface area contributed by atoms with Gasteiger partial charge in [0.1, 0.15) is 11.3 Å². The van der Waals surface area contributed by atoms with E-state index in [0.717, 1.165) is 33.7 Å². The first kappa shape index (κ1) is 12.0. The molecule has 4 nitrogen and oxygen atoms in total. The van der Waals surface area contributed by atoms with Crippen LogP contribution in [0.1, 0.15) is 25.7 Å². The number of rotatable bonds is 3. The van der Waals surface area contributed by atoms with E-state index in [-0.39, 0.29) is 0 Å². The van der Waals surface area contributed by atoms with Crippen molar-refractivity contribution in [2.24, 2.45) is 5.92 Å². The fraction of sp³-hybridized carbons (Fsp3) is 0.538. The van der Waals surface area contributed by atoms with E-state index in [4.69, 9.17) is 4.74 Å². The average molecular weight is 310 g/mol. The quantitative estimate of drug-likeness (QED) is 0.872. The van der Waals surface area contributed by atoms with Crippen LogP contribution in [0, 0.1) is 5.92 Å². The van der Waals surface area contributed by atoms with Gasteiger partial charge in [0.25, 0.3) is 0 Å². The molecule has 0 unspecified atom stereocenters. The van der Waals surface area contributed by atoms with Crippen LogP contribution in [0.15, 0.2) is 16.6 Å². The Kier molecular flexibility index (Phi) is 3.24. The van der Waals surface area contributed by atoms with Gasteiger partial charge in [-0.05, 0) is 46.8 Å². The molecular formula is C13H16BrN3O. The molecule has 0 bridgehead atoms. The van der Waals surface area contributed by atoms with Crippen molar-refractivity contribution in [2.75, 3.05) is 7.11 Å². The molecule has 0 N–H and O–H groups in total. The first-order chi connectivity index (χ1) is 8.79. The van der Waals surface area contributed by atoms with E-state index in [1.807, 2.05) is 16.8 Å². The van der Waals surface area contributed by atoms with Crippen LogP contribution in [0.2, 0.25) is 0 Å². The molecule has 0 spiro atoms. The third-order valence-electron chi connectivity index (χ3n) is 3.72. The zero-order valence-electron chi connectivity index (χ0n) is 10.4. The molecule has 1 aromatic heterocycles. The van der Waals surface area contributed by atoms with Gasteiger partial charge >= 0.3 is 0 Å². The van der Waals surface area contributed by atoms with E-state index in [2.05, 4.69) is 26.2 Å². The van der Waals surface area contributed by atoms with Crippen molar-refractivity contribution in [1.82, 2.24) is 15.0 Å². The summed E-state index contributed by atoms with van der Waals surface area (Å²) in [4.78, 5) is 0. The lowest BCUT2D eigenvalue weighted by atomic mass is 10.1. The van der Waals surface area contributed by atoms with Crippen LogP contribution in [0.5, 0.6) is 5.75 Å². The van der Waals surface area contributed by atoms with Crippen LogP contribution in [0.4, 0.5) is 0 Å². The molecule has 96 valence electrons. The second kappa shape index (κ2) is 4.88. The monoisotopic (exact) mass is 309 g/mol. The molecule has 1 fully saturated rings. The Balaban J connectivity index is 1.96. The molecule has 2 aromatic rings. The van der Waals surface area contributed by atoms with Crippen molar-refractivity contribution in [2.45, 2.75) is 32.2 Å². The maximum Gasteiger partial charge on any atom is 0.135 e. The van der Waals surface area contributed by atoms with Gasteiger partial charge in [0.05, 0.1) is 17.1 Å². The van der Waals surface area contributed by atoms with Gasteiger partial charge < -0.3 is 4.74 Å². The van der Waals surface area contributed by atoms with Crippen molar-refractivity contribution in [1.29, 1.82) is 0 Å². The second-order valence-electron chi connectivity index (χ2n) is 4.87. The molecular weight excluding hydrogens is 294 g/mol. The number of ether oxygens (including phenoxy) is 1.